The molecule has 0 aliphatic heterocycles. The van der Waals surface area contributed by atoms with Crippen LogP contribution in [-0.2, 0) is 0 Å². The Morgan fingerprint density at radius 3 is 2.68 bits per heavy atom. The Labute approximate surface area is 113 Å². The first kappa shape index (κ1) is 13.8. The summed E-state index contributed by atoms with van der Waals surface area (Å²) < 4.78 is 18.2. The molecule has 0 bridgehead atoms. The van der Waals surface area contributed by atoms with Gasteiger partial charge in [-0.1, -0.05) is 0 Å². The van der Waals surface area contributed by atoms with Crippen molar-refractivity contribution in [3.63, 3.8) is 0 Å². The molecule has 0 heterocycles. The van der Waals surface area contributed by atoms with Crippen LogP contribution in [-0.4, -0.2) is 18.2 Å². The monoisotopic (exact) mass is 262 g/mol. The van der Waals surface area contributed by atoms with Crippen LogP contribution < -0.4 is 10.1 Å². The molecule has 1 aromatic carbocycles. The smallest absolute Gasteiger partial charge is 0.123 e. The van der Waals surface area contributed by atoms with Crippen LogP contribution in [0.3, 0.4) is 0 Å². The zero-order valence-electron chi connectivity index (χ0n) is 11.2. The zero-order chi connectivity index (χ0) is 13.7. The molecule has 0 amide bonds. The van der Waals surface area contributed by atoms with E-state index in [0.717, 1.165) is 12.8 Å². The lowest BCUT2D eigenvalue weighted by Crippen LogP contribution is -2.42. The molecule has 0 spiro atoms. The number of hydrogen-bond donors (Lipinski definition) is 1. The number of ether oxygens (including phenoxy) is 1. The average Bonchev–Trinajstić information content (AvgIpc) is 3.21. The Kier molecular flexibility index (Phi) is 4.39. The molecular formula is C15H19FN2O. The average molecular weight is 262 g/mol. The third-order valence-corrected chi connectivity index (χ3v) is 3.25. The van der Waals surface area contributed by atoms with E-state index in [2.05, 4.69) is 11.4 Å². The van der Waals surface area contributed by atoms with Crippen molar-refractivity contribution in [2.24, 2.45) is 0 Å². The Bertz CT molecular complexity index is 450. The maximum atomic E-state index is 12.7. The molecule has 0 saturated heterocycles. The molecule has 2 rings (SSSR count). The van der Waals surface area contributed by atoms with Gasteiger partial charge in [-0.3, -0.25) is 5.32 Å². The van der Waals surface area contributed by atoms with E-state index in [9.17, 15) is 9.65 Å². The predicted octanol–water partition coefficient (Wildman–Crippen LogP) is 3.02. The molecule has 19 heavy (non-hydrogen) atoms. The van der Waals surface area contributed by atoms with E-state index in [1.165, 1.54) is 25.0 Å². The second kappa shape index (κ2) is 6.03. The maximum absolute atomic E-state index is 12.7. The summed E-state index contributed by atoms with van der Waals surface area (Å²) in [6.07, 6.45) is 3.88. The third-order valence-electron chi connectivity index (χ3n) is 3.25. The number of nitriles is 1. The van der Waals surface area contributed by atoms with Gasteiger partial charge in [0, 0.05) is 6.04 Å². The van der Waals surface area contributed by atoms with E-state index in [1.807, 2.05) is 6.92 Å². The molecule has 1 atom stereocenters. The summed E-state index contributed by atoms with van der Waals surface area (Å²) in [5.41, 5.74) is -0.465. The van der Waals surface area contributed by atoms with Gasteiger partial charge in [0.05, 0.1) is 12.7 Å². The van der Waals surface area contributed by atoms with Crippen LogP contribution >= 0.6 is 0 Å². The molecule has 4 heteroatoms. The van der Waals surface area contributed by atoms with Gasteiger partial charge in [0.15, 0.2) is 0 Å². The van der Waals surface area contributed by atoms with Crippen molar-refractivity contribution in [3.05, 3.63) is 30.1 Å². The topological polar surface area (TPSA) is 45.0 Å². The van der Waals surface area contributed by atoms with E-state index in [-0.39, 0.29) is 5.82 Å². The quantitative estimate of drug-likeness (QED) is 0.768. The van der Waals surface area contributed by atoms with Gasteiger partial charge < -0.3 is 4.74 Å². The summed E-state index contributed by atoms with van der Waals surface area (Å²) >= 11 is 0. The summed E-state index contributed by atoms with van der Waals surface area (Å²) in [6.45, 7) is 2.47. The highest BCUT2D eigenvalue weighted by molar-refractivity contribution is 5.22. The van der Waals surface area contributed by atoms with Crippen LogP contribution in [0, 0.1) is 17.1 Å². The van der Waals surface area contributed by atoms with Gasteiger partial charge >= 0.3 is 0 Å². The Balaban J connectivity index is 1.70. The number of hydrogen-bond acceptors (Lipinski definition) is 3. The second-order valence-electron chi connectivity index (χ2n) is 5.27. The fraction of sp³-hybridized carbons (Fsp3) is 0.533. The Morgan fingerprint density at radius 2 is 2.11 bits per heavy atom. The fourth-order valence-corrected chi connectivity index (χ4v) is 1.99. The van der Waals surface area contributed by atoms with E-state index in [0.29, 0.717) is 18.4 Å². The minimum atomic E-state index is -0.465. The number of nitrogens with one attached hydrogen (secondary N) is 1. The van der Waals surface area contributed by atoms with E-state index in [1.54, 1.807) is 12.1 Å². The van der Waals surface area contributed by atoms with E-state index in [4.69, 9.17) is 4.74 Å². The van der Waals surface area contributed by atoms with Crippen molar-refractivity contribution in [1.82, 2.24) is 5.32 Å². The lowest BCUT2D eigenvalue weighted by molar-refractivity contribution is 0.284. The van der Waals surface area contributed by atoms with Crippen LogP contribution in [0.25, 0.3) is 0 Å². The first-order chi connectivity index (χ1) is 9.11. The van der Waals surface area contributed by atoms with Crippen LogP contribution in [0.1, 0.15) is 32.6 Å². The van der Waals surface area contributed by atoms with Crippen LogP contribution in [0.2, 0.25) is 0 Å². The predicted molar refractivity (Wildman–Crippen MR) is 71.3 cm³/mol. The van der Waals surface area contributed by atoms with Gasteiger partial charge in [0.25, 0.3) is 0 Å². The molecule has 1 saturated carbocycles. The zero-order valence-corrected chi connectivity index (χ0v) is 11.2. The largest absolute Gasteiger partial charge is 0.494 e. The molecule has 1 aromatic rings. The van der Waals surface area contributed by atoms with Crippen molar-refractivity contribution >= 4 is 0 Å². The number of halogens is 1. The number of nitrogens with zero attached hydrogens (tertiary/aromatic N) is 1. The molecule has 0 radical (unpaired) electrons. The number of rotatable bonds is 7. The van der Waals surface area contributed by atoms with Gasteiger partial charge in [-0.2, -0.15) is 5.26 Å². The third kappa shape index (κ3) is 4.53. The molecule has 102 valence electrons. The van der Waals surface area contributed by atoms with E-state index >= 15 is 0 Å². The molecule has 1 unspecified atom stereocenters. The van der Waals surface area contributed by atoms with Gasteiger partial charge in [-0.15, -0.1) is 0 Å². The van der Waals surface area contributed by atoms with Crippen molar-refractivity contribution in [2.45, 2.75) is 44.2 Å². The minimum absolute atomic E-state index is 0.266. The Morgan fingerprint density at radius 1 is 1.42 bits per heavy atom. The highest BCUT2D eigenvalue weighted by Gasteiger charge is 2.31. The standard InChI is InChI=1S/C15H19FN2O/c1-15(11-17,18-13-5-6-13)9-2-10-19-14-7-3-12(16)4-8-14/h3-4,7-8,13,18H,2,5-6,9-10H2,1H3. The van der Waals surface area contributed by atoms with Gasteiger partial charge in [-0.05, 0) is 56.9 Å². The van der Waals surface area contributed by atoms with Crippen molar-refractivity contribution < 1.29 is 9.13 Å². The van der Waals surface area contributed by atoms with Crippen molar-refractivity contribution in [1.29, 1.82) is 5.26 Å². The molecule has 1 aliphatic rings. The molecule has 3 nitrogen and oxygen atoms in total. The summed E-state index contributed by atoms with van der Waals surface area (Å²) in [7, 11) is 0. The van der Waals surface area contributed by atoms with Crippen molar-refractivity contribution in [2.75, 3.05) is 6.61 Å². The number of benzene rings is 1. The summed E-state index contributed by atoms with van der Waals surface area (Å²) in [6, 6.07) is 8.84. The molecule has 1 fully saturated rings. The van der Waals surface area contributed by atoms with Crippen molar-refractivity contribution in [3.8, 4) is 11.8 Å². The second-order valence-corrected chi connectivity index (χ2v) is 5.27. The summed E-state index contributed by atoms with van der Waals surface area (Å²) in [4.78, 5) is 0. The van der Waals surface area contributed by atoms with Crippen LogP contribution in [0.5, 0.6) is 5.75 Å². The normalized spacial score (nSPS) is 17.5. The first-order valence-corrected chi connectivity index (χ1v) is 6.69. The molecule has 1 aliphatic carbocycles. The van der Waals surface area contributed by atoms with E-state index < -0.39 is 5.54 Å². The minimum Gasteiger partial charge on any atom is -0.494 e. The van der Waals surface area contributed by atoms with Crippen LogP contribution in [0.15, 0.2) is 24.3 Å². The SMILES string of the molecule is CC(C#N)(CCCOc1ccc(F)cc1)NC1CC1. The fourth-order valence-electron chi connectivity index (χ4n) is 1.99. The molecule has 0 aromatic heterocycles. The highest BCUT2D eigenvalue weighted by Crippen LogP contribution is 2.24. The van der Waals surface area contributed by atoms with Gasteiger partial charge in [0.2, 0.25) is 0 Å². The lowest BCUT2D eigenvalue weighted by atomic mass is 9.98. The van der Waals surface area contributed by atoms with Gasteiger partial charge in [0.1, 0.15) is 17.1 Å². The van der Waals surface area contributed by atoms with Crippen LogP contribution in [0.4, 0.5) is 4.39 Å². The highest BCUT2D eigenvalue weighted by atomic mass is 19.1. The van der Waals surface area contributed by atoms with Gasteiger partial charge in [-0.25, -0.2) is 4.39 Å². The summed E-state index contributed by atoms with van der Waals surface area (Å²) in [5.74, 6) is 0.397. The maximum Gasteiger partial charge on any atom is 0.123 e. The molecular weight excluding hydrogens is 243 g/mol. The Hall–Kier alpha value is -1.60. The molecule has 1 N–H and O–H groups in total. The first-order valence-electron chi connectivity index (χ1n) is 6.69. The summed E-state index contributed by atoms with van der Waals surface area (Å²) in [5, 5.41) is 12.6. The lowest BCUT2D eigenvalue weighted by Gasteiger charge is -2.23.